The number of nitrogens with zero attached hydrogens (tertiary/aromatic N) is 5. The third-order valence-electron chi connectivity index (χ3n) is 3.31. The number of aliphatic hydroxyl groups is 1. The molecule has 0 fully saturated rings. The highest BCUT2D eigenvalue weighted by molar-refractivity contribution is 5.78. The van der Waals surface area contributed by atoms with Gasteiger partial charge in [0.05, 0.1) is 18.7 Å². The molecule has 0 atom stereocenters. The molecule has 1 amide bonds. The molecule has 1 N–H and O–H groups in total. The van der Waals surface area contributed by atoms with Crippen LogP contribution in [0.2, 0.25) is 0 Å². The van der Waals surface area contributed by atoms with Gasteiger partial charge in [0.25, 0.3) is 0 Å². The van der Waals surface area contributed by atoms with Crippen molar-refractivity contribution in [3.8, 4) is 0 Å². The Morgan fingerprint density at radius 2 is 2.00 bits per heavy atom. The second-order valence-electron chi connectivity index (χ2n) is 6.12. The minimum atomic E-state index is -0.884. The number of likely N-dealkylation sites (N-methyl/N-ethyl adjacent to an activating group) is 2. The lowest BCUT2D eigenvalue weighted by Crippen LogP contribution is -2.45. The van der Waals surface area contributed by atoms with Gasteiger partial charge in [0, 0.05) is 20.1 Å². The van der Waals surface area contributed by atoms with Crippen molar-refractivity contribution >= 4 is 5.91 Å². The highest BCUT2D eigenvalue weighted by atomic mass is 16.3. The summed E-state index contributed by atoms with van der Waals surface area (Å²) >= 11 is 0. The standard InChI is InChI=1S/C14H27N5O2/c1-7-19(10-14(3,4)21)13(20)9-17(5)8-12-16-15-11(2)18(12)6/h21H,7-10H2,1-6H3. The lowest BCUT2D eigenvalue weighted by molar-refractivity contribution is -0.135. The molecular formula is C14H27N5O2. The van der Waals surface area contributed by atoms with Crippen molar-refractivity contribution in [2.45, 2.75) is 39.8 Å². The number of hydrogen-bond donors (Lipinski definition) is 1. The summed E-state index contributed by atoms with van der Waals surface area (Å²) in [6, 6.07) is 0. The van der Waals surface area contributed by atoms with E-state index >= 15 is 0 Å². The first kappa shape index (κ1) is 17.6. The number of carbonyl (C=O) groups excluding carboxylic acids is 1. The van der Waals surface area contributed by atoms with Crippen LogP contribution < -0.4 is 0 Å². The molecule has 0 aliphatic heterocycles. The first-order chi connectivity index (χ1) is 9.64. The SMILES string of the molecule is CCN(CC(C)(C)O)C(=O)CN(C)Cc1nnc(C)n1C. The summed E-state index contributed by atoms with van der Waals surface area (Å²) in [4.78, 5) is 15.8. The van der Waals surface area contributed by atoms with E-state index in [1.54, 1.807) is 18.7 Å². The van der Waals surface area contributed by atoms with Crippen LogP contribution >= 0.6 is 0 Å². The fourth-order valence-corrected chi connectivity index (χ4v) is 2.06. The Bertz CT molecular complexity index is 478. The molecule has 0 saturated heterocycles. The van der Waals surface area contributed by atoms with Crippen LogP contribution in [0.15, 0.2) is 0 Å². The monoisotopic (exact) mass is 297 g/mol. The predicted molar refractivity (Wildman–Crippen MR) is 80.6 cm³/mol. The summed E-state index contributed by atoms with van der Waals surface area (Å²) in [5, 5.41) is 17.9. The van der Waals surface area contributed by atoms with Gasteiger partial charge in [-0.2, -0.15) is 0 Å². The Hall–Kier alpha value is -1.47. The lowest BCUT2D eigenvalue weighted by atomic mass is 10.1. The van der Waals surface area contributed by atoms with Gasteiger partial charge < -0.3 is 14.6 Å². The van der Waals surface area contributed by atoms with Crippen LogP contribution in [0.4, 0.5) is 0 Å². The van der Waals surface area contributed by atoms with E-state index in [-0.39, 0.29) is 12.5 Å². The third kappa shape index (κ3) is 5.43. The smallest absolute Gasteiger partial charge is 0.236 e. The van der Waals surface area contributed by atoms with E-state index < -0.39 is 5.60 Å². The maximum absolute atomic E-state index is 12.3. The molecule has 1 aromatic rings. The van der Waals surface area contributed by atoms with Crippen molar-refractivity contribution in [2.75, 3.05) is 26.7 Å². The van der Waals surface area contributed by atoms with E-state index in [1.807, 2.05) is 37.4 Å². The predicted octanol–water partition coefficient (Wildman–Crippen LogP) is 0.175. The topological polar surface area (TPSA) is 74.5 Å². The fraction of sp³-hybridized carbons (Fsp3) is 0.786. The summed E-state index contributed by atoms with van der Waals surface area (Å²) in [7, 11) is 3.78. The molecule has 21 heavy (non-hydrogen) atoms. The van der Waals surface area contributed by atoms with Gasteiger partial charge in [-0.25, -0.2) is 0 Å². The molecule has 0 aromatic carbocycles. The van der Waals surface area contributed by atoms with Crippen LogP contribution in [-0.2, 0) is 18.4 Å². The van der Waals surface area contributed by atoms with Crippen molar-refractivity contribution in [2.24, 2.45) is 7.05 Å². The number of aryl methyl sites for hydroxylation is 1. The van der Waals surface area contributed by atoms with E-state index in [1.165, 1.54) is 0 Å². The Kier molecular flexibility index (Phi) is 5.86. The van der Waals surface area contributed by atoms with Gasteiger partial charge in [-0.1, -0.05) is 0 Å². The van der Waals surface area contributed by atoms with E-state index in [4.69, 9.17) is 0 Å². The average Bonchev–Trinajstić information content (AvgIpc) is 2.66. The Morgan fingerprint density at radius 1 is 1.38 bits per heavy atom. The first-order valence-corrected chi connectivity index (χ1v) is 7.17. The maximum atomic E-state index is 12.3. The van der Waals surface area contributed by atoms with Gasteiger partial charge >= 0.3 is 0 Å². The minimum absolute atomic E-state index is 0.000940. The fourth-order valence-electron chi connectivity index (χ4n) is 2.06. The van der Waals surface area contributed by atoms with Crippen LogP contribution in [0.25, 0.3) is 0 Å². The quantitative estimate of drug-likeness (QED) is 0.777. The zero-order chi connectivity index (χ0) is 16.2. The van der Waals surface area contributed by atoms with E-state index in [0.717, 1.165) is 11.6 Å². The van der Waals surface area contributed by atoms with Gasteiger partial charge in [0.2, 0.25) is 5.91 Å². The second-order valence-corrected chi connectivity index (χ2v) is 6.12. The first-order valence-electron chi connectivity index (χ1n) is 7.17. The Labute approximate surface area is 126 Å². The molecule has 1 aromatic heterocycles. The number of carbonyl (C=O) groups is 1. The maximum Gasteiger partial charge on any atom is 0.236 e. The molecule has 120 valence electrons. The van der Waals surface area contributed by atoms with Crippen LogP contribution in [0.3, 0.4) is 0 Å². The Balaban J connectivity index is 2.58. The highest BCUT2D eigenvalue weighted by Crippen LogP contribution is 2.07. The molecular weight excluding hydrogens is 270 g/mol. The van der Waals surface area contributed by atoms with Gasteiger partial charge in [-0.05, 0) is 34.7 Å². The minimum Gasteiger partial charge on any atom is -0.389 e. The van der Waals surface area contributed by atoms with E-state index in [2.05, 4.69) is 10.2 Å². The molecule has 0 unspecified atom stereocenters. The van der Waals surface area contributed by atoms with Crippen LogP contribution in [0.5, 0.6) is 0 Å². The molecule has 0 bridgehead atoms. The number of hydrogen-bond acceptors (Lipinski definition) is 5. The highest BCUT2D eigenvalue weighted by Gasteiger charge is 2.22. The largest absolute Gasteiger partial charge is 0.389 e. The second kappa shape index (κ2) is 7.00. The van der Waals surface area contributed by atoms with Crippen molar-refractivity contribution in [1.82, 2.24) is 24.6 Å². The van der Waals surface area contributed by atoms with Gasteiger partial charge in [-0.15, -0.1) is 10.2 Å². The number of amides is 1. The molecule has 0 aliphatic carbocycles. The molecule has 7 nitrogen and oxygen atoms in total. The number of rotatable bonds is 7. The summed E-state index contributed by atoms with van der Waals surface area (Å²) in [6.45, 7) is 8.97. The van der Waals surface area contributed by atoms with Gasteiger partial charge in [0.15, 0.2) is 0 Å². The lowest BCUT2D eigenvalue weighted by Gasteiger charge is -2.29. The normalized spacial score (nSPS) is 12.0. The van der Waals surface area contributed by atoms with Crippen LogP contribution in [0, 0.1) is 6.92 Å². The van der Waals surface area contributed by atoms with Crippen LogP contribution in [-0.4, -0.2) is 67.9 Å². The molecule has 0 aliphatic rings. The van der Waals surface area contributed by atoms with Crippen LogP contribution in [0.1, 0.15) is 32.4 Å². The van der Waals surface area contributed by atoms with Crippen molar-refractivity contribution < 1.29 is 9.90 Å². The van der Waals surface area contributed by atoms with Crippen molar-refractivity contribution in [3.05, 3.63) is 11.6 Å². The molecule has 1 heterocycles. The average molecular weight is 297 g/mol. The molecule has 0 spiro atoms. The summed E-state index contributed by atoms with van der Waals surface area (Å²) < 4.78 is 1.91. The van der Waals surface area contributed by atoms with E-state index in [0.29, 0.717) is 19.6 Å². The summed E-state index contributed by atoms with van der Waals surface area (Å²) in [6.07, 6.45) is 0. The van der Waals surface area contributed by atoms with Crippen molar-refractivity contribution in [3.63, 3.8) is 0 Å². The molecule has 0 saturated carbocycles. The summed E-state index contributed by atoms with van der Waals surface area (Å²) in [5.74, 6) is 1.68. The third-order valence-corrected chi connectivity index (χ3v) is 3.31. The van der Waals surface area contributed by atoms with Crippen molar-refractivity contribution in [1.29, 1.82) is 0 Å². The van der Waals surface area contributed by atoms with E-state index in [9.17, 15) is 9.90 Å². The van der Waals surface area contributed by atoms with Gasteiger partial charge in [0.1, 0.15) is 11.6 Å². The molecule has 1 rings (SSSR count). The molecule has 0 radical (unpaired) electrons. The zero-order valence-corrected chi connectivity index (χ0v) is 13.9. The zero-order valence-electron chi connectivity index (χ0n) is 13.9. The van der Waals surface area contributed by atoms with Gasteiger partial charge in [-0.3, -0.25) is 9.69 Å². The Morgan fingerprint density at radius 3 is 2.43 bits per heavy atom. The summed E-state index contributed by atoms with van der Waals surface area (Å²) in [5.41, 5.74) is -0.884. The molecule has 7 heteroatoms. The number of aromatic nitrogens is 3.